The van der Waals surface area contributed by atoms with E-state index in [2.05, 4.69) is 0 Å². The zero-order valence-electron chi connectivity index (χ0n) is 8.55. The maximum Gasteiger partial charge on any atom is 0.144 e. The van der Waals surface area contributed by atoms with Crippen molar-refractivity contribution in [2.45, 2.75) is 0 Å². The number of rotatable bonds is 1. The molecule has 0 unspecified atom stereocenters. The predicted molar refractivity (Wildman–Crippen MR) is 56.5 cm³/mol. The minimum absolute atomic E-state index is 0.193. The Morgan fingerprint density at radius 3 is 2.06 bits per heavy atom. The first kappa shape index (κ1) is 11.2. The van der Waals surface area contributed by atoms with Gasteiger partial charge in [-0.3, -0.25) is 0 Å². The first-order valence-corrected chi connectivity index (χ1v) is 4.77. The van der Waals surface area contributed by atoms with E-state index in [1.807, 2.05) is 0 Å². The molecule has 0 radical (unpaired) electrons. The summed E-state index contributed by atoms with van der Waals surface area (Å²) in [7, 11) is 0. The Balaban J connectivity index is 2.59. The van der Waals surface area contributed by atoms with Crippen LogP contribution in [-0.4, -0.2) is 0 Å². The van der Waals surface area contributed by atoms with Crippen LogP contribution in [0.2, 0.25) is 0 Å². The van der Waals surface area contributed by atoms with Crippen LogP contribution in [0.3, 0.4) is 0 Å². The molecule has 0 atom stereocenters. The van der Waals surface area contributed by atoms with Crippen LogP contribution in [0.15, 0.2) is 36.4 Å². The molecule has 2 aromatic rings. The van der Waals surface area contributed by atoms with E-state index >= 15 is 0 Å². The van der Waals surface area contributed by atoms with Crippen molar-refractivity contribution in [3.05, 3.63) is 59.4 Å². The standard InChI is InChI=1S/C13H6F3N/c14-10-3-1-2-8(4-10)9-5-12(15)11(7-17)13(16)6-9/h1-6H. The molecular formula is C13H6F3N. The lowest BCUT2D eigenvalue weighted by Gasteiger charge is -2.04. The first-order chi connectivity index (χ1) is 8.11. The lowest BCUT2D eigenvalue weighted by Crippen LogP contribution is -1.92. The molecule has 4 heteroatoms. The molecule has 0 aliphatic carbocycles. The van der Waals surface area contributed by atoms with E-state index in [0.29, 0.717) is 5.56 Å². The SMILES string of the molecule is N#Cc1c(F)cc(-c2cccc(F)c2)cc1F. The lowest BCUT2D eigenvalue weighted by atomic mass is 10.0. The Bertz CT molecular complexity index is 591. The Morgan fingerprint density at radius 1 is 0.882 bits per heavy atom. The van der Waals surface area contributed by atoms with Crippen molar-refractivity contribution >= 4 is 0 Å². The molecule has 0 aliphatic heterocycles. The Kier molecular flexibility index (Phi) is 2.84. The quantitative estimate of drug-likeness (QED) is 0.737. The monoisotopic (exact) mass is 233 g/mol. The van der Waals surface area contributed by atoms with Gasteiger partial charge in [-0.25, -0.2) is 13.2 Å². The third-order valence-corrected chi connectivity index (χ3v) is 2.31. The molecule has 0 fully saturated rings. The van der Waals surface area contributed by atoms with Crippen LogP contribution in [-0.2, 0) is 0 Å². The van der Waals surface area contributed by atoms with Crippen LogP contribution in [0.4, 0.5) is 13.2 Å². The van der Waals surface area contributed by atoms with Gasteiger partial charge in [0, 0.05) is 0 Å². The van der Waals surface area contributed by atoms with Crippen LogP contribution in [0.5, 0.6) is 0 Å². The average molecular weight is 233 g/mol. The molecule has 0 N–H and O–H groups in total. The van der Waals surface area contributed by atoms with Crippen LogP contribution >= 0.6 is 0 Å². The third kappa shape index (κ3) is 2.13. The van der Waals surface area contributed by atoms with Crippen molar-refractivity contribution in [1.29, 1.82) is 5.26 Å². The molecule has 0 spiro atoms. The van der Waals surface area contributed by atoms with Crippen molar-refractivity contribution in [2.75, 3.05) is 0 Å². The fourth-order valence-electron chi connectivity index (χ4n) is 1.51. The van der Waals surface area contributed by atoms with Crippen molar-refractivity contribution in [1.82, 2.24) is 0 Å². The van der Waals surface area contributed by atoms with E-state index in [1.54, 1.807) is 0 Å². The van der Waals surface area contributed by atoms with E-state index in [9.17, 15) is 13.2 Å². The Hall–Kier alpha value is -2.28. The summed E-state index contributed by atoms with van der Waals surface area (Å²) in [5.41, 5.74) is -0.0871. The zero-order valence-corrected chi connectivity index (χ0v) is 8.55. The summed E-state index contributed by atoms with van der Waals surface area (Å²) in [6.45, 7) is 0. The van der Waals surface area contributed by atoms with E-state index in [0.717, 1.165) is 12.1 Å². The summed E-state index contributed by atoms with van der Waals surface area (Å²) in [5, 5.41) is 8.51. The highest BCUT2D eigenvalue weighted by molar-refractivity contribution is 5.64. The molecule has 0 aliphatic rings. The molecule has 0 heterocycles. The smallest absolute Gasteiger partial charge is 0.144 e. The molecule has 1 nitrogen and oxygen atoms in total. The van der Waals surface area contributed by atoms with Crippen LogP contribution in [0.25, 0.3) is 11.1 Å². The predicted octanol–water partition coefficient (Wildman–Crippen LogP) is 3.64. The second-order valence-corrected chi connectivity index (χ2v) is 3.44. The number of nitrogens with zero attached hydrogens (tertiary/aromatic N) is 1. The molecule has 0 bridgehead atoms. The maximum atomic E-state index is 13.3. The normalized spacial score (nSPS) is 10.0. The van der Waals surface area contributed by atoms with Crippen molar-refractivity contribution in [3.63, 3.8) is 0 Å². The van der Waals surface area contributed by atoms with Crippen LogP contribution < -0.4 is 0 Å². The summed E-state index contributed by atoms with van der Waals surface area (Å²) < 4.78 is 39.6. The number of hydrogen-bond donors (Lipinski definition) is 0. The molecule has 0 saturated carbocycles. The average Bonchev–Trinajstić information content (AvgIpc) is 2.28. The number of benzene rings is 2. The minimum atomic E-state index is -0.952. The first-order valence-electron chi connectivity index (χ1n) is 4.77. The molecule has 17 heavy (non-hydrogen) atoms. The molecule has 0 amide bonds. The summed E-state index contributed by atoms with van der Waals surface area (Å²) >= 11 is 0. The molecule has 0 saturated heterocycles. The topological polar surface area (TPSA) is 23.8 Å². The minimum Gasteiger partial charge on any atom is -0.207 e. The van der Waals surface area contributed by atoms with Crippen LogP contribution in [0, 0.1) is 28.8 Å². The fraction of sp³-hybridized carbons (Fsp3) is 0. The lowest BCUT2D eigenvalue weighted by molar-refractivity contribution is 0.577. The van der Waals surface area contributed by atoms with Gasteiger partial charge in [0.25, 0.3) is 0 Å². The fourth-order valence-corrected chi connectivity index (χ4v) is 1.51. The van der Waals surface area contributed by atoms with Crippen molar-refractivity contribution in [3.8, 4) is 17.2 Å². The Labute approximate surface area is 95.7 Å². The summed E-state index contributed by atoms with van der Waals surface area (Å²) in [6.07, 6.45) is 0. The van der Waals surface area contributed by atoms with Gasteiger partial charge in [-0.05, 0) is 35.4 Å². The highest BCUT2D eigenvalue weighted by Crippen LogP contribution is 2.24. The van der Waals surface area contributed by atoms with E-state index < -0.39 is 23.0 Å². The largest absolute Gasteiger partial charge is 0.207 e. The summed E-state index contributed by atoms with van der Waals surface area (Å²) in [6, 6.07) is 8.83. The molecular weight excluding hydrogens is 227 g/mol. The van der Waals surface area contributed by atoms with Gasteiger partial charge in [0.05, 0.1) is 0 Å². The molecule has 0 aromatic heterocycles. The van der Waals surface area contributed by atoms with E-state index in [4.69, 9.17) is 5.26 Å². The van der Waals surface area contributed by atoms with Crippen molar-refractivity contribution in [2.24, 2.45) is 0 Å². The second kappa shape index (κ2) is 4.30. The van der Waals surface area contributed by atoms with Crippen molar-refractivity contribution < 1.29 is 13.2 Å². The second-order valence-electron chi connectivity index (χ2n) is 3.44. The van der Waals surface area contributed by atoms with Gasteiger partial charge in [-0.2, -0.15) is 5.26 Å². The van der Waals surface area contributed by atoms with Gasteiger partial charge >= 0.3 is 0 Å². The molecule has 84 valence electrons. The van der Waals surface area contributed by atoms with Gasteiger partial charge in [0.15, 0.2) is 0 Å². The van der Waals surface area contributed by atoms with E-state index in [1.165, 1.54) is 30.3 Å². The van der Waals surface area contributed by atoms with Gasteiger partial charge in [0.1, 0.15) is 29.1 Å². The van der Waals surface area contributed by atoms with Gasteiger partial charge in [0.2, 0.25) is 0 Å². The van der Waals surface area contributed by atoms with Crippen LogP contribution in [0.1, 0.15) is 5.56 Å². The van der Waals surface area contributed by atoms with Gasteiger partial charge < -0.3 is 0 Å². The van der Waals surface area contributed by atoms with Gasteiger partial charge in [-0.1, -0.05) is 12.1 Å². The summed E-state index contributed by atoms with van der Waals surface area (Å²) in [4.78, 5) is 0. The highest BCUT2D eigenvalue weighted by Gasteiger charge is 2.11. The van der Waals surface area contributed by atoms with E-state index in [-0.39, 0.29) is 5.56 Å². The number of hydrogen-bond acceptors (Lipinski definition) is 1. The maximum absolute atomic E-state index is 13.3. The zero-order chi connectivity index (χ0) is 12.4. The molecule has 2 rings (SSSR count). The third-order valence-electron chi connectivity index (χ3n) is 2.31. The molecule has 2 aromatic carbocycles. The number of halogens is 3. The van der Waals surface area contributed by atoms with Gasteiger partial charge in [-0.15, -0.1) is 0 Å². The summed E-state index contributed by atoms with van der Waals surface area (Å²) in [5.74, 6) is -2.40. The number of nitriles is 1. The Morgan fingerprint density at radius 2 is 1.53 bits per heavy atom. The highest BCUT2D eigenvalue weighted by atomic mass is 19.1.